The van der Waals surface area contributed by atoms with Crippen LogP contribution in [0.2, 0.25) is 0 Å². The van der Waals surface area contributed by atoms with Crippen LogP contribution in [-0.4, -0.2) is 5.71 Å². The summed E-state index contributed by atoms with van der Waals surface area (Å²) in [6, 6.07) is 58.1. The molecule has 0 fully saturated rings. The Kier molecular flexibility index (Phi) is 9.81. The predicted octanol–water partition coefficient (Wildman–Crippen LogP) is 15.8. The number of hydrogen-bond acceptors (Lipinski definition) is 2. The van der Waals surface area contributed by atoms with Gasteiger partial charge < -0.3 is 0 Å². The topological polar surface area (TPSA) is 12.4 Å². The summed E-state index contributed by atoms with van der Waals surface area (Å²) in [7, 11) is 0. The van der Waals surface area contributed by atoms with Crippen LogP contribution in [0.3, 0.4) is 0 Å². The molecule has 2 atom stereocenters. The van der Waals surface area contributed by atoms with Crippen molar-refractivity contribution in [1.82, 2.24) is 0 Å². The zero-order valence-electron chi connectivity index (χ0n) is 33.3. The third-order valence-electron chi connectivity index (χ3n) is 12.4. The van der Waals surface area contributed by atoms with Crippen molar-refractivity contribution >= 4 is 59.6 Å². The van der Waals surface area contributed by atoms with Gasteiger partial charge in [0.15, 0.2) is 0 Å². The highest BCUT2D eigenvalue weighted by atomic mass is 32.1. The SMILES string of the molecule is C/C=C\C1=C2CCC(N=C(C/C(C)=C/c3ccccc3)c3ccc(-c4ccccc4)cc3)c3c(ccc4sc5ccccc5c34)CCC2c2c1ccc1ccccc21. The number of aryl methyl sites for hydroxylation is 1. The second-order valence-corrected chi connectivity index (χ2v) is 17.1. The van der Waals surface area contributed by atoms with Gasteiger partial charge in [-0.25, -0.2) is 0 Å². The number of rotatable bonds is 7. The smallest absolute Gasteiger partial charge is 0.0764 e. The normalized spacial score (nSPS) is 17.3. The van der Waals surface area contributed by atoms with Gasteiger partial charge >= 0.3 is 0 Å². The molecule has 1 heterocycles. The van der Waals surface area contributed by atoms with E-state index in [0.29, 0.717) is 5.92 Å². The fourth-order valence-corrected chi connectivity index (χ4v) is 10.9. The van der Waals surface area contributed by atoms with Crippen molar-refractivity contribution < 1.29 is 0 Å². The van der Waals surface area contributed by atoms with Crippen LogP contribution in [0.25, 0.3) is 53.7 Å². The minimum atomic E-state index is -0.0106. The van der Waals surface area contributed by atoms with Crippen LogP contribution in [0.15, 0.2) is 186 Å². The molecule has 1 nitrogen and oxygen atoms in total. The molecule has 0 amide bonds. The molecule has 0 saturated carbocycles. The second-order valence-electron chi connectivity index (χ2n) is 16.0. The Hall–Kier alpha value is -6.09. The molecule has 0 saturated heterocycles. The first-order valence-corrected chi connectivity index (χ1v) is 21.7. The number of thiophene rings is 1. The van der Waals surface area contributed by atoms with Crippen molar-refractivity contribution in [1.29, 1.82) is 0 Å². The molecule has 2 aliphatic carbocycles. The van der Waals surface area contributed by atoms with Gasteiger partial charge in [0.25, 0.3) is 0 Å². The lowest BCUT2D eigenvalue weighted by atomic mass is 9.86. The van der Waals surface area contributed by atoms with Crippen LogP contribution in [0.4, 0.5) is 0 Å². The Morgan fingerprint density at radius 2 is 1.38 bits per heavy atom. The lowest BCUT2D eigenvalue weighted by molar-refractivity contribution is 0.634. The largest absolute Gasteiger partial charge is 0.281 e. The molecule has 7 aromatic carbocycles. The minimum Gasteiger partial charge on any atom is -0.281 e. The van der Waals surface area contributed by atoms with Crippen molar-refractivity contribution in [3.05, 3.63) is 214 Å². The lowest BCUT2D eigenvalue weighted by Crippen LogP contribution is -2.09. The molecule has 0 radical (unpaired) electrons. The molecule has 1 aromatic heterocycles. The van der Waals surface area contributed by atoms with Crippen LogP contribution in [-0.2, 0) is 6.42 Å². The lowest BCUT2D eigenvalue weighted by Gasteiger charge is -2.21. The molecule has 2 aliphatic rings. The molecule has 2 unspecified atom stereocenters. The first-order chi connectivity index (χ1) is 28.6. The van der Waals surface area contributed by atoms with E-state index in [2.05, 4.69) is 190 Å². The Labute approximate surface area is 346 Å². The summed E-state index contributed by atoms with van der Waals surface area (Å²) in [5, 5.41) is 5.50. The van der Waals surface area contributed by atoms with Gasteiger partial charge in [-0.05, 0) is 113 Å². The third kappa shape index (κ3) is 6.76. The highest BCUT2D eigenvalue weighted by Gasteiger charge is 2.34. The van der Waals surface area contributed by atoms with Crippen molar-refractivity contribution in [2.24, 2.45) is 4.99 Å². The highest BCUT2D eigenvalue weighted by Crippen LogP contribution is 2.52. The van der Waals surface area contributed by atoms with Gasteiger partial charge in [0.2, 0.25) is 0 Å². The van der Waals surface area contributed by atoms with Crippen LogP contribution in [0, 0.1) is 0 Å². The van der Waals surface area contributed by atoms with Crippen molar-refractivity contribution in [3.8, 4) is 11.1 Å². The summed E-state index contributed by atoms with van der Waals surface area (Å²) in [4.78, 5) is 6.04. The molecule has 0 aliphatic heterocycles. The molecular formula is C56H47NS. The van der Waals surface area contributed by atoms with Gasteiger partial charge in [-0.3, -0.25) is 4.99 Å². The number of aliphatic imine (C=N–C) groups is 1. The average molecular weight is 766 g/mol. The molecule has 2 heteroatoms. The van der Waals surface area contributed by atoms with Crippen molar-refractivity contribution in [2.45, 2.75) is 57.9 Å². The maximum Gasteiger partial charge on any atom is 0.0764 e. The molecule has 10 rings (SSSR count). The number of hydrogen-bond donors (Lipinski definition) is 0. The molecule has 282 valence electrons. The highest BCUT2D eigenvalue weighted by molar-refractivity contribution is 7.25. The first-order valence-electron chi connectivity index (χ1n) is 20.9. The average Bonchev–Trinajstić information content (AvgIpc) is 3.81. The van der Waals surface area contributed by atoms with E-state index in [1.807, 2.05) is 11.3 Å². The monoisotopic (exact) mass is 765 g/mol. The van der Waals surface area contributed by atoms with Crippen molar-refractivity contribution in [2.75, 3.05) is 0 Å². The third-order valence-corrected chi connectivity index (χ3v) is 13.5. The van der Waals surface area contributed by atoms with E-state index in [-0.39, 0.29) is 6.04 Å². The van der Waals surface area contributed by atoms with Crippen molar-refractivity contribution in [3.63, 3.8) is 0 Å². The zero-order chi connectivity index (χ0) is 39.0. The summed E-state index contributed by atoms with van der Waals surface area (Å²) in [5.41, 5.74) is 16.1. The standard InChI is InChI=1S/C56H47NS/c1-3-14-45-46-32-33-50(57-51(36-37(2)35-38-15-6-4-7-16-38)42-25-23-40(24-26-42)39-17-8-5-9-18-39)54-43(29-34-53-56(54)49-21-12-13-22-52(49)58-53)28-31-48(46)55-44-20-11-10-19-41(44)27-30-47(45)55/h3-27,29-30,34-35,48,50H,28,31-33,36H2,1-2H3/b14-3-,37-35+,57-51?. The maximum atomic E-state index is 6.04. The minimum absolute atomic E-state index is 0.0106. The van der Waals surface area contributed by atoms with E-state index in [0.717, 1.165) is 37.8 Å². The zero-order valence-corrected chi connectivity index (χ0v) is 34.1. The second kappa shape index (κ2) is 15.7. The van der Waals surface area contributed by atoms with Gasteiger partial charge in [-0.15, -0.1) is 11.3 Å². The maximum absolute atomic E-state index is 6.04. The number of fused-ring (bicyclic) bond motifs is 10. The summed E-state index contributed by atoms with van der Waals surface area (Å²) in [5.74, 6) is 0.374. The molecule has 58 heavy (non-hydrogen) atoms. The van der Waals surface area contributed by atoms with Crippen LogP contribution in [0.5, 0.6) is 0 Å². The predicted molar refractivity (Wildman–Crippen MR) is 251 cm³/mol. The van der Waals surface area contributed by atoms with E-state index in [1.165, 1.54) is 86.6 Å². The van der Waals surface area contributed by atoms with Gasteiger partial charge in [-0.1, -0.05) is 175 Å². The Balaban J connectivity index is 1.16. The van der Waals surface area contributed by atoms with E-state index in [1.54, 1.807) is 5.57 Å². The Morgan fingerprint density at radius 1 is 0.655 bits per heavy atom. The number of nitrogens with zero attached hydrogens (tertiary/aromatic N) is 1. The van der Waals surface area contributed by atoms with E-state index in [9.17, 15) is 0 Å². The number of benzene rings is 7. The first kappa shape index (κ1) is 36.3. The molecule has 0 N–H and O–H groups in total. The van der Waals surface area contributed by atoms with E-state index < -0.39 is 0 Å². The van der Waals surface area contributed by atoms with Gasteiger partial charge in [0.05, 0.1) is 6.04 Å². The Bertz CT molecular complexity index is 2920. The quantitative estimate of drug-likeness (QED) is 0.143. The van der Waals surface area contributed by atoms with Gasteiger partial charge in [-0.2, -0.15) is 0 Å². The molecule has 8 aromatic rings. The van der Waals surface area contributed by atoms with Crippen LogP contribution in [0.1, 0.15) is 84.9 Å². The van der Waals surface area contributed by atoms with Crippen LogP contribution >= 0.6 is 11.3 Å². The summed E-state index contributed by atoms with van der Waals surface area (Å²) in [6.07, 6.45) is 11.8. The van der Waals surface area contributed by atoms with Gasteiger partial charge in [0, 0.05) is 38.2 Å². The number of allylic oxidation sites excluding steroid dienone is 5. The Morgan fingerprint density at radius 3 is 2.19 bits per heavy atom. The fraction of sp³-hybridized carbons (Fsp3) is 0.161. The fourth-order valence-electron chi connectivity index (χ4n) is 9.83. The molecular weight excluding hydrogens is 719 g/mol. The van der Waals surface area contributed by atoms with Crippen LogP contribution < -0.4 is 0 Å². The van der Waals surface area contributed by atoms with E-state index in [4.69, 9.17) is 4.99 Å². The van der Waals surface area contributed by atoms with E-state index >= 15 is 0 Å². The summed E-state index contributed by atoms with van der Waals surface area (Å²) >= 11 is 1.92. The van der Waals surface area contributed by atoms with Gasteiger partial charge in [0.1, 0.15) is 0 Å². The molecule has 0 bridgehead atoms. The molecule has 0 spiro atoms. The summed E-state index contributed by atoms with van der Waals surface area (Å²) in [6.45, 7) is 4.43. The summed E-state index contributed by atoms with van der Waals surface area (Å²) < 4.78 is 2.71.